The lowest BCUT2D eigenvalue weighted by molar-refractivity contribution is -0.140. The van der Waals surface area contributed by atoms with Crippen molar-refractivity contribution in [1.29, 1.82) is 0 Å². The molecule has 0 bridgehead atoms. The van der Waals surface area contributed by atoms with Crippen molar-refractivity contribution in [1.82, 2.24) is 0 Å². The molecule has 0 spiro atoms. The van der Waals surface area contributed by atoms with Crippen molar-refractivity contribution < 1.29 is 9.53 Å². The zero-order valence-corrected chi connectivity index (χ0v) is 14.0. The van der Waals surface area contributed by atoms with Crippen LogP contribution in [0.1, 0.15) is 59.8 Å². The second-order valence-electron chi connectivity index (χ2n) is 6.08. The van der Waals surface area contributed by atoms with Gasteiger partial charge in [-0.1, -0.05) is 45.9 Å². The molecule has 1 aromatic rings. The van der Waals surface area contributed by atoms with E-state index >= 15 is 0 Å². The van der Waals surface area contributed by atoms with Crippen molar-refractivity contribution in [2.24, 2.45) is 17.8 Å². The minimum atomic E-state index is -0.0470. The van der Waals surface area contributed by atoms with Crippen LogP contribution in [0.2, 0.25) is 0 Å². The summed E-state index contributed by atoms with van der Waals surface area (Å²) < 4.78 is 5.43. The summed E-state index contributed by atoms with van der Waals surface area (Å²) in [4.78, 5) is 12.1. The van der Waals surface area contributed by atoms with Gasteiger partial charge in [0.1, 0.15) is 5.75 Å². The van der Waals surface area contributed by atoms with Gasteiger partial charge in [0, 0.05) is 0 Å². The maximum atomic E-state index is 12.1. The highest BCUT2D eigenvalue weighted by Crippen LogP contribution is 2.33. The van der Waals surface area contributed by atoms with Gasteiger partial charge in [-0.25, -0.2) is 0 Å². The van der Waals surface area contributed by atoms with Crippen LogP contribution in [0.5, 0.6) is 5.75 Å². The van der Waals surface area contributed by atoms with Crippen LogP contribution in [0.3, 0.4) is 0 Å². The molecule has 1 saturated carbocycles. The van der Waals surface area contributed by atoms with E-state index in [0.717, 1.165) is 24.7 Å². The van der Waals surface area contributed by atoms with Crippen molar-refractivity contribution in [2.45, 2.75) is 59.8 Å². The summed E-state index contributed by atoms with van der Waals surface area (Å²) in [6, 6.07) is 9.38. The van der Waals surface area contributed by atoms with Crippen molar-refractivity contribution in [2.75, 3.05) is 0 Å². The third kappa shape index (κ3) is 6.33. The minimum Gasteiger partial charge on any atom is -0.426 e. The molecule has 118 valence electrons. The first-order valence-electron chi connectivity index (χ1n) is 8.42. The normalized spacial score (nSPS) is 21.4. The van der Waals surface area contributed by atoms with Crippen LogP contribution in [0.4, 0.5) is 0 Å². The van der Waals surface area contributed by atoms with Crippen LogP contribution in [0.15, 0.2) is 30.3 Å². The SMILES string of the molecule is CC.CC(C)CC1CCC(C(=O)Oc2ccccc2)CC1. The molecule has 1 fully saturated rings. The number of ether oxygens (including phenoxy) is 1. The lowest BCUT2D eigenvalue weighted by Gasteiger charge is -2.28. The van der Waals surface area contributed by atoms with Crippen molar-refractivity contribution >= 4 is 5.97 Å². The Morgan fingerprint density at radius 1 is 1.10 bits per heavy atom. The summed E-state index contributed by atoms with van der Waals surface area (Å²) in [6.07, 6.45) is 5.62. The number of carbonyl (C=O) groups excluding carboxylic acids is 1. The smallest absolute Gasteiger partial charge is 0.314 e. The molecule has 0 aliphatic heterocycles. The van der Waals surface area contributed by atoms with Crippen LogP contribution in [-0.2, 0) is 4.79 Å². The van der Waals surface area contributed by atoms with Crippen LogP contribution < -0.4 is 4.74 Å². The van der Waals surface area contributed by atoms with E-state index in [2.05, 4.69) is 13.8 Å². The molecule has 2 nitrogen and oxygen atoms in total. The Labute approximate surface area is 129 Å². The Kier molecular flexibility index (Phi) is 8.11. The van der Waals surface area contributed by atoms with Gasteiger partial charge in [0.05, 0.1) is 5.92 Å². The summed E-state index contributed by atoms with van der Waals surface area (Å²) in [6.45, 7) is 8.55. The number of para-hydroxylation sites is 1. The van der Waals surface area contributed by atoms with Gasteiger partial charge < -0.3 is 4.74 Å². The number of hydrogen-bond acceptors (Lipinski definition) is 2. The predicted molar refractivity (Wildman–Crippen MR) is 88.3 cm³/mol. The van der Waals surface area contributed by atoms with Gasteiger partial charge in [-0.3, -0.25) is 4.79 Å². The maximum Gasteiger partial charge on any atom is 0.314 e. The van der Waals surface area contributed by atoms with Crippen LogP contribution in [0.25, 0.3) is 0 Å². The molecule has 0 atom stereocenters. The first kappa shape index (κ1) is 17.7. The van der Waals surface area contributed by atoms with Gasteiger partial charge >= 0.3 is 5.97 Å². The van der Waals surface area contributed by atoms with Crippen LogP contribution >= 0.6 is 0 Å². The van der Waals surface area contributed by atoms with Gasteiger partial charge in [-0.15, -0.1) is 0 Å². The van der Waals surface area contributed by atoms with E-state index in [0.29, 0.717) is 5.75 Å². The number of carbonyl (C=O) groups is 1. The summed E-state index contributed by atoms with van der Waals surface area (Å²) >= 11 is 0. The van der Waals surface area contributed by atoms with Gasteiger partial charge in [0.15, 0.2) is 0 Å². The van der Waals surface area contributed by atoms with E-state index in [1.807, 2.05) is 44.2 Å². The Morgan fingerprint density at radius 2 is 1.67 bits per heavy atom. The first-order valence-corrected chi connectivity index (χ1v) is 8.42. The molecule has 0 unspecified atom stereocenters. The molecule has 0 N–H and O–H groups in total. The molecule has 1 aliphatic carbocycles. The first-order chi connectivity index (χ1) is 10.1. The number of esters is 1. The summed E-state index contributed by atoms with van der Waals surface area (Å²) in [5, 5.41) is 0. The van der Waals surface area contributed by atoms with E-state index in [-0.39, 0.29) is 11.9 Å². The molecule has 2 rings (SSSR count). The minimum absolute atomic E-state index is 0.0470. The summed E-state index contributed by atoms with van der Waals surface area (Å²) in [5.41, 5.74) is 0. The summed E-state index contributed by atoms with van der Waals surface area (Å²) in [5.74, 6) is 2.29. The molecule has 0 amide bonds. The predicted octanol–water partition coefficient (Wildman–Crippen LogP) is 5.47. The second kappa shape index (κ2) is 9.59. The average molecular weight is 290 g/mol. The fourth-order valence-electron chi connectivity index (χ4n) is 2.99. The molecule has 1 aliphatic rings. The molecule has 0 radical (unpaired) electrons. The fourth-order valence-corrected chi connectivity index (χ4v) is 2.99. The second-order valence-corrected chi connectivity index (χ2v) is 6.08. The van der Waals surface area contributed by atoms with E-state index < -0.39 is 0 Å². The molecule has 21 heavy (non-hydrogen) atoms. The quantitative estimate of drug-likeness (QED) is 0.543. The highest BCUT2D eigenvalue weighted by Gasteiger charge is 2.27. The highest BCUT2D eigenvalue weighted by molar-refractivity contribution is 5.75. The molecular weight excluding hydrogens is 260 g/mol. The lowest BCUT2D eigenvalue weighted by atomic mass is 9.78. The van der Waals surface area contributed by atoms with Gasteiger partial charge in [-0.2, -0.15) is 0 Å². The maximum absolute atomic E-state index is 12.1. The fraction of sp³-hybridized carbons (Fsp3) is 0.632. The van der Waals surface area contributed by atoms with Crippen LogP contribution in [0, 0.1) is 17.8 Å². The van der Waals surface area contributed by atoms with Crippen molar-refractivity contribution in [3.8, 4) is 5.75 Å². The highest BCUT2D eigenvalue weighted by atomic mass is 16.5. The molecular formula is C19H30O2. The van der Waals surface area contributed by atoms with Gasteiger partial charge in [0.2, 0.25) is 0 Å². The molecule has 0 aromatic heterocycles. The third-order valence-electron chi connectivity index (χ3n) is 3.95. The third-order valence-corrected chi connectivity index (χ3v) is 3.95. The molecule has 2 heteroatoms. The Hall–Kier alpha value is -1.31. The molecule has 0 saturated heterocycles. The van der Waals surface area contributed by atoms with E-state index in [1.165, 1.54) is 19.3 Å². The van der Waals surface area contributed by atoms with E-state index in [1.54, 1.807) is 0 Å². The zero-order valence-electron chi connectivity index (χ0n) is 14.0. The Balaban J connectivity index is 0.00000106. The van der Waals surface area contributed by atoms with Crippen molar-refractivity contribution in [3.63, 3.8) is 0 Å². The Bertz CT molecular complexity index is 389. The topological polar surface area (TPSA) is 26.3 Å². The standard InChI is InChI=1S/C17H24O2.C2H6/c1-13(2)12-14-8-10-15(11-9-14)17(18)19-16-6-4-3-5-7-16;1-2/h3-7,13-15H,8-12H2,1-2H3;1-2H3. The van der Waals surface area contributed by atoms with Gasteiger partial charge in [-0.05, 0) is 56.1 Å². The average Bonchev–Trinajstić information content (AvgIpc) is 2.50. The van der Waals surface area contributed by atoms with Gasteiger partial charge in [0.25, 0.3) is 0 Å². The number of hydrogen-bond donors (Lipinski definition) is 0. The Morgan fingerprint density at radius 3 is 2.19 bits per heavy atom. The van der Waals surface area contributed by atoms with E-state index in [4.69, 9.17) is 4.74 Å². The lowest BCUT2D eigenvalue weighted by Crippen LogP contribution is -2.26. The van der Waals surface area contributed by atoms with E-state index in [9.17, 15) is 4.79 Å². The number of rotatable bonds is 4. The monoisotopic (exact) mass is 290 g/mol. The molecule has 1 aromatic carbocycles. The molecule has 0 heterocycles. The largest absolute Gasteiger partial charge is 0.426 e. The summed E-state index contributed by atoms with van der Waals surface area (Å²) in [7, 11) is 0. The number of benzene rings is 1. The van der Waals surface area contributed by atoms with Crippen LogP contribution in [-0.4, -0.2) is 5.97 Å². The van der Waals surface area contributed by atoms with Crippen molar-refractivity contribution in [3.05, 3.63) is 30.3 Å². The zero-order chi connectivity index (χ0) is 15.7.